The van der Waals surface area contributed by atoms with Crippen molar-refractivity contribution in [1.29, 1.82) is 0 Å². The van der Waals surface area contributed by atoms with Gasteiger partial charge in [-0.15, -0.1) is 5.10 Å². The van der Waals surface area contributed by atoms with Crippen LogP contribution >= 0.6 is 0 Å². The Labute approximate surface area is 96.2 Å². The lowest BCUT2D eigenvalue weighted by molar-refractivity contribution is -0.136. The summed E-state index contributed by atoms with van der Waals surface area (Å²) in [6.45, 7) is 1.22. The Morgan fingerprint density at radius 2 is 2.12 bits per heavy atom. The lowest BCUT2D eigenvalue weighted by Gasteiger charge is -1.96. The molecule has 0 aliphatic heterocycles. The number of sulfone groups is 1. The fraction of sp³-hybridized carbons (Fsp3) is 0.429. The normalized spacial score (nSPS) is 11.1. The third-order valence-corrected chi connectivity index (χ3v) is 3.15. The molecule has 0 aromatic carbocycles. The van der Waals surface area contributed by atoms with Crippen LogP contribution < -0.4 is 5.32 Å². The predicted molar refractivity (Wildman–Crippen MR) is 55.0 cm³/mol. The Hall–Kier alpha value is -1.97. The number of carboxylic acids is 1. The summed E-state index contributed by atoms with van der Waals surface area (Å²) in [6.07, 6.45) is -0.529. The van der Waals surface area contributed by atoms with Gasteiger partial charge in [0.05, 0.1) is 12.2 Å². The Morgan fingerprint density at radius 1 is 1.47 bits per heavy atom. The van der Waals surface area contributed by atoms with Crippen LogP contribution in [0.5, 0.6) is 0 Å². The molecule has 0 aliphatic carbocycles. The second-order valence-corrected chi connectivity index (χ2v) is 5.13. The van der Waals surface area contributed by atoms with Gasteiger partial charge in [0.1, 0.15) is 0 Å². The first-order valence-corrected chi connectivity index (χ1v) is 6.11. The maximum Gasteiger partial charge on any atom is 0.304 e. The summed E-state index contributed by atoms with van der Waals surface area (Å²) < 4.78 is 23.1. The van der Waals surface area contributed by atoms with Crippen LogP contribution in [0.1, 0.15) is 13.3 Å². The number of aromatic nitrogens is 3. The summed E-state index contributed by atoms with van der Waals surface area (Å²) in [7, 11) is -3.83. The van der Waals surface area contributed by atoms with Gasteiger partial charge < -0.3 is 5.11 Å². The van der Waals surface area contributed by atoms with Crippen molar-refractivity contribution in [1.82, 2.24) is 15.2 Å². The molecule has 9 nitrogen and oxygen atoms in total. The number of nitrogens with zero attached hydrogens (tertiary/aromatic N) is 2. The lowest BCUT2D eigenvalue weighted by atomic mass is 10.5. The molecule has 3 N–H and O–H groups in total. The number of carbonyl (C=O) groups is 2. The van der Waals surface area contributed by atoms with Crippen LogP contribution in [0.15, 0.2) is 5.16 Å². The summed E-state index contributed by atoms with van der Waals surface area (Å²) in [5.74, 6) is -2.43. The zero-order valence-electron chi connectivity index (χ0n) is 8.80. The summed E-state index contributed by atoms with van der Waals surface area (Å²) in [6, 6.07) is 0. The number of rotatable bonds is 5. The van der Waals surface area contributed by atoms with Gasteiger partial charge in [-0.2, -0.15) is 4.98 Å². The van der Waals surface area contributed by atoms with Crippen LogP contribution in [0.2, 0.25) is 0 Å². The highest BCUT2D eigenvalue weighted by molar-refractivity contribution is 7.91. The van der Waals surface area contributed by atoms with E-state index in [1.807, 2.05) is 0 Å². The number of carbonyl (C=O) groups excluding carboxylic acids is 1. The molecule has 94 valence electrons. The summed E-state index contributed by atoms with van der Waals surface area (Å²) in [4.78, 5) is 24.4. The second-order valence-electron chi connectivity index (χ2n) is 3.11. The molecule has 0 saturated heterocycles. The highest BCUT2D eigenvalue weighted by atomic mass is 32.2. The van der Waals surface area contributed by atoms with Crippen LogP contribution in [0.3, 0.4) is 0 Å². The Morgan fingerprint density at radius 3 is 2.65 bits per heavy atom. The van der Waals surface area contributed by atoms with Crippen molar-refractivity contribution in [2.24, 2.45) is 0 Å². The van der Waals surface area contributed by atoms with Crippen LogP contribution in [0.25, 0.3) is 0 Å². The van der Waals surface area contributed by atoms with Crippen LogP contribution in [0.4, 0.5) is 5.95 Å². The number of H-pyrrole nitrogens is 1. The molecule has 0 fully saturated rings. The fourth-order valence-electron chi connectivity index (χ4n) is 0.918. The van der Waals surface area contributed by atoms with Crippen molar-refractivity contribution in [2.45, 2.75) is 18.5 Å². The lowest BCUT2D eigenvalue weighted by Crippen LogP contribution is -2.12. The quantitative estimate of drug-likeness (QED) is 0.618. The summed E-state index contributed by atoms with van der Waals surface area (Å²) in [5, 5.41) is 15.7. The van der Waals surface area contributed by atoms with Gasteiger partial charge in [-0.25, -0.2) is 13.5 Å². The fourth-order valence-corrected chi connectivity index (χ4v) is 1.96. The van der Waals surface area contributed by atoms with Crippen LogP contribution in [-0.4, -0.2) is 46.3 Å². The molecule has 0 unspecified atom stereocenters. The van der Waals surface area contributed by atoms with E-state index in [9.17, 15) is 18.0 Å². The van der Waals surface area contributed by atoms with E-state index in [4.69, 9.17) is 5.11 Å². The number of nitrogens with one attached hydrogen (secondary N) is 2. The predicted octanol–water partition coefficient (Wildman–Crippen LogP) is -0.989. The zero-order chi connectivity index (χ0) is 13.1. The molecule has 1 aromatic rings. The molecule has 0 radical (unpaired) electrons. The average molecular weight is 262 g/mol. The van der Waals surface area contributed by atoms with Crippen molar-refractivity contribution >= 4 is 27.7 Å². The molecule has 1 aromatic heterocycles. The number of anilines is 1. The molecule has 0 saturated carbocycles. The summed E-state index contributed by atoms with van der Waals surface area (Å²) >= 11 is 0. The van der Waals surface area contributed by atoms with E-state index in [0.717, 1.165) is 0 Å². The van der Waals surface area contributed by atoms with Crippen molar-refractivity contribution in [3.63, 3.8) is 0 Å². The molecule has 17 heavy (non-hydrogen) atoms. The van der Waals surface area contributed by atoms with E-state index in [2.05, 4.69) is 20.5 Å². The molecular weight excluding hydrogens is 252 g/mol. The van der Waals surface area contributed by atoms with Gasteiger partial charge in [0, 0.05) is 6.92 Å². The molecule has 0 atom stereocenters. The molecule has 1 heterocycles. The highest BCUT2D eigenvalue weighted by Gasteiger charge is 2.21. The molecule has 1 amide bonds. The van der Waals surface area contributed by atoms with Gasteiger partial charge >= 0.3 is 5.97 Å². The van der Waals surface area contributed by atoms with Crippen molar-refractivity contribution < 1.29 is 23.1 Å². The van der Waals surface area contributed by atoms with Crippen LogP contribution in [0, 0.1) is 0 Å². The standard InChI is InChI=1S/C7H10N4O5S/c1-4(12)8-6-9-7(11-10-6)17(15,16)3-2-5(13)14/h2-3H2,1H3,(H,13,14)(H2,8,9,10,11,12). The monoisotopic (exact) mass is 262 g/mol. The van der Waals surface area contributed by atoms with Gasteiger partial charge in [0.25, 0.3) is 0 Å². The third-order valence-electron chi connectivity index (χ3n) is 1.63. The SMILES string of the molecule is CC(=O)Nc1n[nH]c(S(=O)(=O)CCC(=O)O)n1. The Balaban J connectivity index is 2.81. The molecule has 10 heteroatoms. The third kappa shape index (κ3) is 3.83. The zero-order valence-corrected chi connectivity index (χ0v) is 9.61. The number of hydrogen-bond donors (Lipinski definition) is 3. The Bertz CT molecular complexity index is 534. The molecular formula is C7H10N4O5S. The maximum atomic E-state index is 11.5. The van der Waals surface area contributed by atoms with E-state index in [-0.39, 0.29) is 5.95 Å². The second kappa shape index (κ2) is 4.91. The first-order valence-electron chi connectivity index (χ1n) is 4.46. The van der Waals surface area contributed by atoms with Gasteiger partial charge in [-0.05, 0) is 0 Å². The van der Waals surface area contributed by atoms with E-state index in [1.165, 1.54) is 6.92 Å². The number of hydrogen-bond acceptors (Lipinski definition) is 6. The average Bonchev–Trinajstić information content (AvgIpc) is 2.63. The molecule has 0 aliphatic rings. The highest BCUT2D eigenvalue weighted by Crippen LogP contribution is 2.08. The smallest absolute Gasteiger partial charge is 0.304 e. The van der Waals surface area contributed by atoms with E-state index >= 15 is 0 Å². The first kappa shape index (κ1) is 13.1. The number of amides is 1. The summed E-state index contributed by atoms with van der Waals surface area (Å²) in [5.41, 5.74) is 0. The molecule has 0 bridgehead atoms. The number of aliphatic carboxylic acids is 1. The van der Waals surface area contributed by atoms with Crippen molar-refractivity contribution in [3.8, 4) is 0 Å². The van der Waals surface area contributed by atoms with Gasteiger partial charge in [0.2, 0.25) is 26.8 Å². The van der Waals surface area contributed by atoms with Crippen LogP contribution in [-0.2, 0) is 19.4 Å². The van der Waals surface area contributed by atoms with Gasteiger partial charge in [-0.1, -0.05) is 0 Å². The number of aromatic amines is 1. The van der Waals surface area contributed by atoms with Gasteiger partial charge in [-0.3, -0.25) is 14.9 Å². The van der Waals surface area contributed by atoms with E-state index < -0.39 is 39.0 Å². The minimum Gasteiger partial charge on any atom is -0.481 e. The Kier molecular flexibility index (Phi) is 3.78. The number of carboxylic acid groups (broad SMARTS) is 1. The van der Waals surface area contributed by atoms with Gasteiger partial charge in [0.15, 0.2) is 0 Å². The van der Waals surface area contributed by atoms with Crippen molar-refractivity contribution in [2.75, 3.05) is 11.1 Å². The van der Waals surface area contributed by atoms with Crippen molar-refractivity contribution in [3.05, 3.63) is 0 Å². The molecule has 0 spiro atoms. The topological polar surface area (TPSA) is 142 Å². The minimum atomic E-state index is -3.83. The minimum absolute atomic E-state index is 0.175. The largest absolute Gasteiger partial charge is 0.481 e. The maximum absolute atomic E-state index is 11.5. The van der Waals surface area contributed by atoms with E-state index in [1.54, 1.807) is 0 Å². The van der Waals surface area contributed by atoms with E-state index in [0.29, 0.717) is 0 Å². The molecule has 1 rings (SSSR count). The first-order chi connectivity index (χ1) is 7.81.